The molecule has 1 amide bonds. The molecule has 5 nitrogen and oxygen atoms in total. The van der Waals surface area contributed by atoms with E-state index in [-0.39, 0.29) is 10.6 Å². The van der Waals surface area contributed by atoms with Crippen LogP contribution in [0, 0.1) is 14.9 Å². The molecule has 36 heavy (non-hydrogen) atoms. The number of benzene rings is 4. The topological polar surface area (TPSA) is 71.3 Å². The number of anilines is 1. The van der Waals surface area contributed by atoms with Gasteiger partial charge in [-0.3, -0.25) is 4.79 Å². The number of methoxy groups -OCH3 is 1. The summed E-state index contributed by atoms with van der Waals surface area (Å²) in [5.41, 5.74) is 1.85. The number of nitriles is 1. The summed E-state index contributed by atoms with van der Waals surface area (Å²) in [7, 11) is 1.54. The number of fused-ring (bicyclic) bond motifs is 1. The number of hydrogen-bond acceptors (Lipinski definition) is 4. The van der Waals surface area contributed by atoms with Gasteiger partial charge in [-0.15, -0.1) is 0 Å². The highest BCUT2D eigenvalue weighted by Gasteiger charge is 2.16. The van der Waals surface area contributed by atoms with Crippen molar-refractivity contribution in [3.05, 3.63) is 103 Å². The van der Waals surface area contributed by atoms with Gasteiger partial charge in [0.25, 0.3) is 5.91 Å². The maximum Gasteiger partial charge on any atom is 0.266 e. The summed E-state index contributed by atoms with van der Waals surface area (Å²) >= 11 is 14.3. The third-order valence-corrected chi connectivity index (χ3v) is 6.94. The predicted octanol–water partition coefficient (Wildman–Crippen LogP) is 7.88. The van der Waals surface area contributed by atoms with Gasteiger partial charge in [-0.2, -0.15) is 5.26 Å². The zero-order valence-corrected chi connectivity index (χ0v) is 22.7. The molecule has 0 heterocycles. The lowest BCUT2D eigenvalue weighted by Crippen LogP contribution is -2.13. The Balaban J connectivity index is 1.55. The van der Waals surface area contributed by atoms with Crippen molar-refractivity contribution in [3.63, 3.8) is 0 Å². The van der Waals surface area contributed by atoms with Crippen LogP contribution < -0.4 is 14.8 Å². The van der Waals surface area contributed by atoms with Gasteiger partial charge in [0, 0.05) is 0 Å². The highest BCUT2D eigenvalue weighted by molar-refractivity contribution is 14.1. The second-order valence-corrected chi connectivity index (χ2v) is 9.68. The average molecular weight is 629 g/mol. The first-order valence-corrected chi connectivity index (χ1v) is 12.6. The molecule has 0 fully saturated rings. The monoisotopic (exact) mass is 628 g/mol. The summed E-state index contributed by atoms with van der Waals surface area (Å²) in [5.74, 6) is 0.467. The van der Waals surface area contributed by atoms with E-state index in [0.29, 0.717) is 34.4 Å². The normalized spacial score (nSPS) is 11.1. The van der Waals surface area contributed by atoms with Gasteiger partial charge in [-0.05, 0) is 80.9 Å². The summed E-state index contributed by atoms with van der Waals surface area (Å²) in [6, 6.07) is 24.7. The van der Waals surface area contributed by atoms with Crippen LogP contribution in [-0.4, -0.2) is 13.0 Å². The standard InChI is InChI=1S/C28H19Cl2IN2O3/c1-35-25-14-18(12-21(15-32)28(34)33-24-8-4-7-22(29)26(24)30)13-23(31)27(25)36-16-17-9-10-19-5-2-3-6-20(19)11-17/h2-14H,16H2,1H3,(H,33,34)/b21-12-. The number of nitrogens with one attached hydrogen (secondary N) is 1. The fourth-order valence-corrected chi connectivity index (χ4v) is 4.68. The fraction of sp³-hybridized carbons (Fsp3) is 0.0714. The number of amides is 1. The Morgan fingerprint density at radius 2 is 1.83 bits per heavy atom. The molecule has 4 rings (SSSR count). The summed E-state index contributed by atoms with van der Waals surface area (Å²) in [4.78, 5) is 12.7. The van der Waals surface area contributed by atoms with Gasteiger partial charge < -0.3 is 14.8 Å². The van der Waals surface area contributed by atoms with E-state index in [1.54, 1.807) is 31.4 Å². The van der Waals surface area contributed by atoms with Gasteiger partial charge >= 0.3 is 0 Å². The fourth-order valence-electron chi connectivity index (χ4n) is 3.55. The van der Waals surface area contributed by atoms with E-state index in [1.165, 1.54) is 11.5 Å². The highest BCUT2D eigenvalue weighted by Crippen LogP contribution is 2.36. The second-order valence-electron chi connectivity index (χ2n) is 7.73. The average Bonchev–Trinajstić information content (AvgIpc) is 2.88. The maximum absolute atomic E-state index is 12.7. The quantitative estimate of drug-likeness (QED) is 0.128. The zero-order chi connectivity index (χ0) is 25.7. The van der Waals surface area contributed by atoms with E-state index in [2.05, 4.69) is 52.2 Å². The van der Waals surface area contributed by atoms with Crippen LogP contribution in [0.3, 0.4) is 0 Å². The van der Waals surface area contributed by atoms with E-state index in [9.17, 15) is 10.1 Å². The minimum Gasteiger partial charge on any atom is -0.493 e. The molecular weight excluding hydrogens is 610 g/mol. The summed E-state index contributed by atoms with van der Waals surface area (Å²) < 4.78 is 12.4. The van der Waals surface area contributed by atoms with Gasteiger partial charge in [0.2, 0.25) is 0 Å². The Bertz CT molecular complexity index is 1530. The number of ether oxygens (including phenoxy) is 2. The smallest absolute Gasteiger partial charge is 0.266 e. The van der Waals surface area contributed by atoms with Crippen molar-refractivity contribution in [2.24, 2.45) is 0 Å². The third kappa shape index (κ3) is 5.93. The first-order valence-electron chi connectivity index (χ1n) is 10.7. The molecule has 0 aliphatic heterocycles. The number of carbonyl (C=O) groups is 1. The van der Waals surface area contributed by atoms with Crippen LogP contribution in [0.5, 0.6) is 11.5 Å². The van der Waals surface area contributed by atoms with Crippen LogP contribution >= 0.6 is 45.8 Å². The van der Waals surface area contributed by atoms with Crippen molar-refractivity contribution in [1.82, 2.24) is 0 Å². The lowest BCUT2D eigenvalue weighted by atomic mass is 10.1. The third-order valence-electron chi connectivity index (χ3n) is 5.32. The molecule has 0 aromatic heterocycles. The number of hydrogen-bond donors (Lipinski definition) is 1. The minimum absolute atomic E-state index is 0.103. The molecular formula is C28H19Cl2IN2O3. The first kappa shape index (κ1) is 25.8. The molecule has 8 heteroatoms. The molecule has 0 saturated heterocycles. The van der Waals surface area contributed by atoms with Crippen molar-refractivity contribution in [2.75, 3.05) is 12.4 Å². The molecule has 0 aliphatic carbocycles. The Kier molecular flexibility index (Phi) is 8.36. The van der Waals surface area contributed by atoms with Crippen LogP contribution in [-0.2, 0) is 11.4 Å². The lowest BCUT2D eigenvalue weighted by molar-refractivity contribution is -0.112. The number of nitrogens with zero attached hydrogens (tertiary/aromatic N) is 1. The van der Waals surface area contributed by atoms with E-state index < -0.39 is 5.91 Å². The SMILES string of the molecule is COc1cc(/C=C(/C#N)C(=O)Nc2cccc(Cl)c2Cl)cc(I)c1OCc1ccc2ccccc2c1. The lowest BCUT2D eigenvalue weighted by Gasteiger charge is -2.14. The number of halogens is 3. The molecule has 4 aromatic rings. The Morgan fingerprint density at radius 3 is 2.58 bits per heavy atom. The van der Waals surface area contributed by atoms with E-state index >= 15 is 0 Å². The van der Waals surface area contributed by atoms with Gasteiger partial charge in [-0.25, -0.2) is 0 Å². The van der Waals surface area contributed by atoms with E-state index in [4.69, 9.17) is 32.7 Å². The molecule has 0 aliphatic rings. The van der Waals surface area contributed by atoms with Crippen molar-refractivity contribution in [2.45, 2.75) is 6.61 Å². The van der Waals surface area contributed by atoms with Crippen LogP contribution in [0.4, 0.5) is 5.69 Å². The maximum atomic E-state index is 12.7. The predicted molar refractivity (Wildman–Crippen MR) is 153 cm³/mol. The van der Waals surface area contributed by atoms with Crippen molar-refractivity contribution in [1.29, 1.82) is 5.26 Å². The molecule has 0 radical (unpaired) electrons. The highest BCUT2D eigenvalue weighted by atomic mass is 127. The van der Waals surface area contributed by atoms with E-state index in [1.807, 2.05) is 30.3 Å². The Hall–Kier alpha value is -3.25. The van der Waals surface area contributed by atoms with Crippen molar-refractivity contribution < 1.29 is 14.3 Å². The van der Waals surface area contributed by atoms with Crippen molar-refractivity contribution in [3.8, 4) is 17.6 Å². The molecule has 0 atom stereocenters. The molecule has 180 valence electrons. The minimum atomic E-state index is -0.604. The molecule has 0 saturated carbocycles. The molecule has 0 unspecified atom stereocenters. The van der Waals surface area contributed by atoms with Crippen LogP contribution in [0.25, 0.3) is 16.8 Å². The van der Waals surface area contributed by atoms with Gasteiger partial charge in [-0.1, -0.05) is 65.7 Å². The Labute approximate surface area is 232 Å². The molecule has 1 N–H and O–H groups in total. The van der Waals surface area contributed by atoms with E-state index in [0.717, 1.165) is 14.5 Å². The first-order chi connectivity index (χ1) is 17.4. The zero-order valence-electron chi connectivity index (χ0n) is 19.0. The summed E-state index contributed by atoms with van der Waals surface area (Å²) in [6.07, 6.45) is 1.48. The molecule has 0 spiro atoms. The van der Waals surface area contributed by atoms with Gasteiger partial charge in [0.1, 0.15) is 18.2 Å². The van der Waals surface area contributed by atoms with Crippen LogP contribution in [0.1, 0.15) is 11.1 Å². The van der Waals surface area contributed by atoms with Crippen LogP contribution in [0.15, 0.2) is 78.4 Å². The second kappa shape index (κ2) is 11.7. The van der Waals surface area contributed by atoms with Gasteiger partial charge in [0.15, 0.2) is 11.5 Å². The van der Waals surface area contributed by atoms with Crippen LogP contribution in [0.2, 0.25) is 10.0 Å². The van der Waals surface area contributed by atoms with Gasteiger partial charge in [0.05, 0.1) is 26.4 Å². The summed E-state index contributed by atoms with van der Waals surface area (Å²) in [6.45, 7) is 0.360. The Morgan fingerprint density at radius 1 is 1.06 bits per heavy atom. The molecule has 0 bridgehead atoms. The molecule has 4 aromatic carbocycles. The van der Waals surface area contributed by atoms with Crippen molar-refractivity contribution >= 4 is 74.2 Å². The number of carbonyl (C=O) groups excluding carboxylic acids is 1. The number of rotatable bonds is 7. The largest absolute Gasteiger partial charge is 0.493 e. The summed E-state index contributed by atoms with van der Waals surface area (Å²) in [5, 5.41) is 15.0.